The fraction of sp³-hybridized carbons (Fsp3) is 0.542. The number of nitrogens with one attached hydrogen (secondary N) is 1. The lowest BCUT2D eigenvalue weighted by molar-refractivity contribution is -0.137. The number of carbonyl (C=O) groups is 1. The number of aromatic amines is 1. The number of piperazine rings is 1. The van der Waals surface area contributed by atoms with Crippen LogP contribution in [0.1, 0.15) is 37.3 Å². The molecule has 0 spiro atoms. The van der Waals surface area contributed by atoms with Crippen molar-refractivity contribution < 1.29 is 18.0 Å². The van der Waals surface area contributed by atoms with Crippen molar-refractivity contribution in [3.63, 3.8) is 0 Å². The molecule has 0 aliphatic carbocycles. The van der Waals surface area contributed by atoms with Gasteiger partial charge in [-0.15, -0.1) is 0 Å². The van der Waals surface area contributed by atoms with Gasteiger partial charge in [0.25, 0.3) is 0 Å². The van der Waals surface area contributed by atoms with E-state index in [2.05, 4.69) is 19.9 Å². The number of nitrogens with zero attached hydrogens (tertiary/aromatic N) is 5. The molecule has 2 fully saturated rings. The van der Waals surface area contributed by atoms with E-state index in [4.69, 9.17) is 0 Å². The van der Waals surface area contributed by atoms with Gasteiger partial charge in [0.1, 0.15) is 10.7 Å². The molecule has 5 rings (SSSR count). The lowest BCUT2D eigenvalue weighted by Gasteiger charge is -2.40. The van der Waals surface area contributed by atoms with Gasteiger partial charge in [0.05, 0.1) is 11.0 Å². The van der Waals surface area contributed by atoms with Crippen molar-refractivity contribution >= 4 is 33.3 Å². The lowest BCUT2D eigenvalue weighted by atomic mass is 10.1. The van der Waals surface area contributed by atoms with Gasteiger partial charge in [-0.3, -0.25) is 4.79 Å². The summed E-state index contributed by atoms with van der Waals surface area (Å²) in [6.45, 7) is 8.04. The second-order valence-electron chi connectivity index (χ2n) is 9.41. The first-order valence-corrected chi connectivity index (χ1v) is 12.8. The molecule has 1 atom stereocenters. The van der Waals surface area contributed by atoms with Crippen LogP contribution in [-0.4, -0.2) is 76.0 Å². The van der Waals surface area contributed by atoms with Crippen LogP contribution < -0.4 is 4.90 Å². The first-order valence-electron chi connectivity index (χ1n) is 12.0. The predicted octanol–water partition coefficient (Wildman–Crippen LogP) is 4.40. The number of thiazole rings is 1. The van der Waals surface area contributed by atoms with Crippen molar-refractivity contribution in [3.05, 3.63) is 28.8 Å². The monoisotopic (exact) mass is 506 g/mol. The van der Waals surface area contributed by atoms with E-state index < -0.39 is 11.2 Å². The van der Waals surface area contributed by atoms with E-state index >= 15 is 0 Å². The predicted molar refractivity (Wildman–Crippen MR) is 131 cm³/mol. The zero-order valence-electron chi connectivity index (χ0n) is 19.9. The summed E-state index contributed by atoms with van der Waals surface area (Å²) in [5.74, 6) is 0.301. The molecule has 1 N–H and O–H groups in total. The fourth-order valence-electron chi connectivity index (χ4n) is 5.03. The summed E-state index contributed by atoms with van der Waals surface area (Å²) >= 11 is 0.636. The Bertz CT molecular complexity index is 1220. The standard InChI is InChI=1S/C24H29F3N6OS/c1-15-14-32(11-12-33(15)16(2)34)22-20(30-23(35-22)24(25,26)27)21-28-18-6-5-17(13-19(18)29-21)7-10-31-8-3-4-9-31/h5-6,13,15H,3-4,7-12,14H2,1-2H3,(H,28,29)/t15-/m1/s1. The minimum atomic E-state index is -4.54. The summed E-state index contributed by atoms with van der Waals surface area (Å²) in [5.41, 5.74) is 2.87. The second-order valence-corrected chi connectivity index (χ2v) is 10.4. The number of halogens is 3. The van der Waals surface area contributed by atoms with Crippen LogP contribution in [-0.2, 0) is 17.4 Å². The zero-order valence-corrected chi connectivity index (χ0v) is 20.7. The fourth-order valence-corrected chi connectivity index (χ4v) is 6.00. The minimum Gasteiger partial charge on any atom is -0.358 e. The zero-order chi connectivity index (χ0) is 24.7. The highest BCUT2D eigenvalue weighted by Gasteiger charge is 2.38. The third-order valence-electron chi connectivity index (χ3n) is 6.86. The molecule has 0 saturated carbocycles. The molecule has 2 aliphatic rings. The highest BCUT2D eigenvalue weighted by Crippen LogP contribution is 2.42. The largest absolute Gasteiger partial charge is 0.443 e. The van der Waals surface area contributed by atoms with Crippen LogP contribution in [0.3, 0.4) is 0 Å². The Morgan fingerprint density at radius 2 is 1.94 bits per heavy atom. The van der Waals surface area contributed by atoms with Gasteiger partial charge < -0.3 is 19.7 Å². The van der Waals surface area contributed by atoms with Crippen LogP contribution in [0, 0.1) is 0 Å². The Hall–Kier alpha value is -2.66. The molecule has 35 heavy (non-hydrogen) atoms. The van der Waals surface area contributed by atoms with E-state index in [1.165, 1.54) is 25.3 Å². The van der Waals surface area contributed by atoms with Gasteiger partial charge in [-0.25, -0.2) is 9.97 Å². The summed E-state index contributed by atoms with van der Waals surface area (Å²) in [6.07, 6.45) is -1.12. The molecule has 188 valence electrons. The summed E-state index contributed by atoms with van der Waals surface area (Å²) in [7, 11) is 0. The van der Waals surface area contributed by atoms with Gasteiger partial charge in [-0.05, 0) is 57.0 Å². The average Bonchev–Trinajstić information content (AvgIpc) is 3.55. The number of hydrogen-bond acceptors (Lipinski definition) is 6. The Labute approximate surface area is 205 Å². The van der Waals surface area contributed by atoms with Crippen LogP contribution >= 0.6 is 11.3 Å². The molecule has 0 unspecified atom stereocenters. The maximum Gasteiger partial charge on any atom is 0.443 e. The number of H-pyrrole nitrogens is 1. The smallest absolute Gasteiger partial charge is 0.358 e. The quantitative estimate of drug-likeness (QED) is 0.556. The normalized spacial score (nSPS) is 19.7. The first-order chi connectivity index (χ1) is 16.7. The maximum atomic E-state index is 13.6. The van der Waals surface area contributed by atoms with E-state index in [0.29, 0.717) is 47.3 Å². The first kappa shape index (κ1) is 24.1. The van der Waals surface area contributed by atoms with E-state index in [1.807, 2.05) is 30.0 Å². The molecule has 2 aromatic heterocycles. The van der Waals surface area contributed by atoms with Crippen LogP contribution in [0.5, 0.6) is 0 Å². The number of hydrogen-bond donors (Lipinski definition) is 1. The molecule has 2 aliphatic heterocycles. The van der Waals surface area contributed by atoms with Crippen LogP contribution in [0.2, 0.25) is 0 Å². The van der Waals surface area contributed by atoms with E-state index in [9.17, 15) is 18.0 Å². The van der Waals surface area contributed by atoms with Crippen LogP contribution in [0.4, 0.5) is 18.2 Å². The third kappa shape index (κ3) is 5.02. The summed E-state index contributed by atoms with van der Waals surface area (Å²) < 4.78 is 40.9. The number of benzene rings is 1. The molecular weight excluding hydrogens is 477 g/mol. The van der Waals surface area contributed by atoms with Crippen molar-refractivity contribution in [1.82, 2.24) is 24.8 Å². The van der Waals surface area contributed by atoms with Gasteiger partial charge in [0, 0.05) is 39.1 Å². The molecule has 1 aromatic carbocycles. The number of anilines is 1. The molecule has 1 amide bonds. The van der Waals surface area contributed by atoms with Crippen LogP contribution in [0.15, 0.2) is 18.2 Å². The summed E-state index contributed by atoms with van der Waals surface area (Å²) in [6, 6.07) is 5.87. The number of fused-ring (bicyclic) bond motifs is 1. The van der Waals surface area contributed by atoms with Gasteiger partial charge in [-0.1, -0.05) is 17.4 Å². The minimum absolute atomic E-state index is 0.0320. The van der Waals surface area contributed by atoms with Gasteiger partial charge >= 0.3 is 6.18 Å². The number of likely N-dealkylation sites (tertiary alicyclic amines) is 1. The highest BCUT2D eigenvalue weighted by molar-refractivity contribution is 7.16. The Kier molecular flexibility index (Phi) is 6.47. The van der Waals surface area contributed by atoms with Crippen molar-refractivity contribution in [3.8, 4) is 11.5 Å². The Balaban J connectivity index is 1.44. The highest BCUT2D eigenvalue weighted by atomic mass is 32.1. The number of carbonyl (C=O) groups excluding carboxylic acids is 1. The number of alkyl halides is 3. The van der Waals surface area contributed by atoms with Crippen molar-refractivity contribution in [1.29, 1.82) is 0 Å². The topological polar surface area (TPSA) is 68.4 Å². The van der Waals surface area contributed by atoms with Crippen molar-refractivity contribution in [2.24, 2.45) is 0 Å². The molecular formula is C24H29F3N6OS. The Morgan fingerprint density at radius 1 is 1.17 bits per heavy atom. The Morgan fingerprint density at radius 3 is 2.63 bits per heavy atom. The number of imidazole rings is 1. The molecule has 0 bridgehead atoms. The maximum absolute atomic E-state index is 13.6. The average molecular weight is 507 g/mol. The summed E-state index contributed by atoms with van der Waals surface area (Å²) in [5, 5.41) is -0.461. The number of amides is 1. The van der Waals surface area contributed by atoms with Crippen molar-refractivity contribution in [2.45, 2.75) is 45.3 Å². The summed E-state index contributed by atoms with van der Waals surface area (Å²) in [4.78, 5) is 29.7. The molecule has 4 heterocycles. The molecule has 11 heteroatoms. The van der Waals surface area contributed by atoms with Gasteiger partial charge in [-0.2, -0.15) is 13.2 Å². The molecule has 7 nitrogen and oxygen atoms in total. The van der Waals surface area contributed by atoms with Crippen molar-refractivity contribution in [2.75, 3.05) is 44.2 Å². The van der Waals surface area contributed by atoms with E-state index in [-0.39, 0.29) is 17.6 Å². The lowest BCUT2D eigenvalue weighted by Crippen LogP contribution is -2.53. The van der Waals surface area contributed by atoms with Gasteiger partial charge in [0.15, 0.2) is 5.82 Å². The number of rotatable bonds is 5. The second kappa shape index (κ2) is 9.42. The number of aromatic nitrogens is 3. The third-order valence-corrected chi connectivity index (χ3v) is 8.02. The van der Waals surface area contributed by atoms with Gasteiger partial charge in [0.2, 0.25) is 10.9 Å². The van der Waals surface area contributed by atoms with E-state index in [0.717, 1.165) is 31.6 Å². The molecule has 2 saturated heterocycles. The van der Waals surface area contributed by atoms with Crippen LogP contribution in [0.25, 0.3) is 22.6 Å². The molecule has 0 radical (unpaired) electrons. The SMILES string of the molecule is CC(=O)N1CCN(c2sc(C(F)(F)F)nc2-c2nc3ccc(CCN4CCCC4)cc3[nH]2)C[C@H]1C. The van der Waals surface area contributed by atoms with E-state index in [1.54, 1.807) is 4.90 Å². The molecule has 3 aromatic rings.